The van der Waals surface area contributed by atoms with Crippen molar-refractivity contribution >= 4 is 34.3 Å². The number of hydrogen-bond acceptors (Lipinski definition) is 3. The van der Waals surface area contributed by atoms with Gasteiger partial charge < -0.3 is 4.57 Å². The second-order valence-electron chi connectivity index (χ2n) is 7.31. The molecular formula is C21H21NO3. The average molecular weight is 335 g/mol. The fourth-order valence-electron chi connectivity index (χ4n) is 4.79. The van der Waals surface area contributed by atoms with E-state index in [1.165, 1.54) is 6.92 Å². The van der Waals surface area contributed by atoms with Gasteiger partial charge in [-0.15, -0.1) is 0 Å². The van der Waals surface area contributed by atoms with Gasteiger partial charge in [0.05, 0.1) is 6.04 Å². The van der Waals surface area contributed by atoms with Crippen molar-refractivity contribution in [3.05, 3.63) is 41.1 Å². The Morgan fingerprint density at radius 3 is 2.52 bits per heavy atom. The molecule has 2 aromatic rings. The van der Waals surface area contributed by atoms with Crippen LogP contribution in [0.1, 0.15) is 44.0 Å². The van der Waals surface area contributed by atoms with Crippen LogP contribution in [0.5, 0.6) is 0 Å². The highest BCUT2D eigenvalue weighted by Crippen LogP contribution is 2.47. The molecule has 1 aromatic carbocycles. The third-order valence-corrected chi connectivity index (χ3v) is 5.84. The molecule has 4 nitrogen and oxygen atoms in total. The SMILES string of the molecule is CC(=O)C1=Cc2c(C)c3ccccc3n2[C@@H]2CC(=O)C[C@H]1[C@@H]2C(C)=O. The molecule has 4 heteroatoms. The molecule has 0 N–H and O–H groups in total. The summed E-state index contributed by atoms with van der Waals surface area (Å²) in [5.74, 6) is -0.507. The molecule has 0 radical (unpaired) electrons. The van der Waals surface area contributed by atoms with Crippen LogP contribution in [0.4, 0.5) is 0 Å². The minimum Gasteiger partial charge on any atom is -0.336 e. The van der Waals surface area contributed by atoms with Crippen LogP contribution < -0.4 is 0 Å². The molecule has 1 fully saturated rings. The lowest BCUT2D eigenvalue weighted by molar-refractivity contribution is -0.130. The van der Waals surface area contributed by atoms with E-state index in [0.29, 0.717) is 12.0 Å². The largest absolute Gasteiger partial charge is 0.336 e. The lowest BCUT2D eigenvalue weighted by Gasteiger charge is -2.36. The highest BCUT2D eigenvalue weighted by Gasteiger charge is 2.45. The van der Waals surface area contributed by atoms with Crippen LogP contribution in [-0.4, -0.2) is 21.9 Å². The van der Waals surface area contributed by atoms with Gasteiger partial charge in [-0.2, -0.15) is 0 Å². The predicted molar refractivity (Wildman–Crippen MR) is 96.3 cm³/mol. The molecule has 2 aliphatic rings. The highest BCUT2D eigenvalue weighted by atomic mass is 16.1. The van der Waals surface area contributed by atoms with Crippen molar-refractivity contribution in [2.45, 2.75) is 39.7 Å². The number of aryl methyl sites for hydroxylation is 1. The van der Waals surface area contributed by atoms with E-state index in [9.17, 15) is 14.4 Å². The Morgan fingerprint density at radius 2 is 1.84 bits per heavy atom. The summed E-state index contributed by atoms with van der Waals surface area (Å²) >= 11 is 0. The highest BCUT2D eigenvalue weighted by molar-refractivity contribution is 6.03. The number of Topliss-reactive ketones (excluding diaryl/α,β-unsaturated/α-hetero) is 3. The van der Waals surface area contributed by atoms with Crippen LogP contribution in [0.2, 0.25) is 0 Å². The third-order valence-electron chi connectivity index (χ3n) is 5.84. The number of carbonyl (C=O) groups is 3. The zero-order valence-electron chi connectivity index (χ0n) is 14.7. The van der Waals surface area contributed by atoms with Gasteiger partial charge in [-0.25, -0.2) is 0 Å². The Balaban J connectivity index is 2.11. The number of allylic oxidation sites excluding steroid dienone is 1. The molecule has 0 amide bonds. The number of nitrogens with zero attached hydrogens (tertiary/aromatic N) is 1. The molecule has 2 bridgehead atoms. The third kappa shape index (κ3) is 2.24. The van der Waals surface area contributed by atoms with E-state index in [1.807, 2.05) is 31.2 Å². The zero-order valence-corrected chi connectivity index (χ0v) is 14.7. The van der Waals surface area contributed by atoms with Gasteiger partial charge in [0.2, 0.25) is 0 Å². The molecule has 0 spiro atoms. The molecule has 0 unspecified atom stereocenters. The van der Waals surface area contributed by atoms with Crippen molar-refractivity contribution in [1.29, 1.82) is 0 Å². The van der Waals surface area contributed by atoms with E-state index >= 15 is 0 Å². The van der Waals surface area contributed by atoms with Crippen molar-refractivity contribution < 1.29 is 14.4 Å². The summed E-state index contributed by atoms with van der Waals surface area (Å²) in [4.78, 5) is 37.3. The van der Waals surface area contributed by atoms with E-state index < -0.39 is 0 Å². The van der Waals surface area contributed by atoms with Crippen LogP contribution in [0.3, 0.4) is 0 Å². The van der Waals surface area contributed by atoms with Gasteiger partial charge in [-0.3, -0.25) is 14.4 Å². The second kappa shape index (κ2) is 5.51. The predicted octanol–water partition coefficient (Wildman–Crippen LogP) is 3.66. The first-order valence-corrected chi connectivity index (χ1v) is 8.74. The number of aromatic nitrogens is 1. The van der Waals surface area contributed by atoms with Crippen molar-refractivity contribution in [2.75, 3.05) is 0 Å². The number of para-hydroxylation sites is 1. The van der Waals surface area contributed by atoms with Gasteiger partial charge >= 0.3 is 0 Å². The van der Waals surface area contributed by atoms with E-state index in [-0.39, 0.29) is 41.6 Å². The molecule has 3 atom stereocenters. The van der Waals surface area contributed by atoms with Gasteiger partial charge in [0.1, 0.15) is 11.6 Å². The molecule has 2 heterocycles. The summed E-state index contributed by atoms with van der Waals surface area (Å²) in [7, 11) is 0. The Labute approximate surface area is 146 Å². The summed E-state index contributed by atoms with van der Waals surface area (Å²) in [6.45, 7) is 5.16. The van der Waals surface area contributed by atoms with Crippen LogP contribution >= 0.6 is 0 Å². The Morgan fingerprint density at radius 1 is 1.12 bits per heavy atom. The van der Waals surface area contributed by atoms with Crippen molar-refractivity contribution in [1.82, 2.24) is 4.57 Å². The van der Waals surface area contributed by atoms with Gasteiger partial charge in [-0.1, -0.05) is 18.2 Å². The lowest BCUT2D eigenvalue weighted by atomic mass is 9.70. The minimum atomic E-state index is -0.329. The number of carbonyl (C=O) groups excluding carboxylic acids is 3. The van der Waals surface area contributed by atoms with Crippen LogP contribution in [-0.2, 0) is 14.4 Å². The molecule has 0 saturated heterocycles. The monoisotopic (exact) mass is 335 g/mol. The number of rotatable bonds is 2. The summed E-state index contributed by atoms with van der Waals surface area (Å²) < 4.78 is 2.14. The van der Waals surface area contributed by atoms with Gasteiger partial charge in [0, 0.05) is 46.8 Å². The average Bonchev–Trinajstić information content (AvgIpc) is 2.78. The van der Waals surface area contributed by atoms with Crippen LogP contribution in [0.15, 0.2) is 29.8 Å². The standard InChI is InChI=1S/C21H21NO3/c1-11-15-6-4-5-7-18(15)22-19(11)10-16(12(2)23)17-8-14(25)9-20(22)21(17)13(3)24/h4-7,10,17,20-21H,8-9H2,1-3H3/t17-,20-,21+/m1/s1. The number of ketones is 3. The van der Waals surface area contributed by atoms with Gasteiger partial charge in [-0.05, 0) is 38.5 Å². The molecule has 128 valence electrons. The smallest absolute Gasteiger partial charge is 0.156 e. The zero-order chi connectivity index (χ0) is 17.9. The maximum absolute atomic E-state index is 12.5. The molecule has 25 heavy (non-hydrogen) atoms. The minimum absolute atomic E-state index is 0.0530. The molecule has 1 aliphatic carbocycles. The maximum Gasteiger partial charge on any atom is 0.156 e. The lowest BCUT2D eigenvalue weighted by Crippen LogP contribution is -2.39. The van der Waals surface area contributed by atoms with Crippen LogP contribution in [0, 0.1) is 18.8 Å². The number of hydrogen-bond donors (Lipinski definition) is 0. The van der Waals surface area contributed by atoms with Crippen molar-refractivity contribution in [3.8, 4) is 0 Å². The molecule has 4 rings (SSSR count). The fraction of sp³-hybridized carbons (Fsp3) is 0.381. The molecule has 1 aromatic heterocycles. The molecule has 1 saturated carbocycles. The van der Waals surface area contributed by atoms with E-state index in [4.69, 9.17) is 0 Å². The van der Waals surface area contributed by atoms with E-state index in [2.05, 4.69) is 10.6 Å². The summed E-state index contributed by atoms with van der Waals surface area (Å²) in [5.41, 5.74) is 3.69. The fourth-order valence-corrected chi connectivity index (χ4v) is 4.79. The van der Waals surface area contributed by atoms with Gasteiger partial charge in [0.25, 0.3) is 0 Å². The van der Waals surface area contributed by atoms with E-state index in [1.54, 1.807) is 6.92 Å². The summed E-state index contributed by atoms with van der Waals surface area (Å²) in [5, 5.41) is 1.11. The first-order valence-electron chi connectivity index (χ1n) is 8.74. The first-order chi connectivity index (χ1) is 11.9. The maximum atomic E-state index is 12.5. The normalized spacial score (nSPS) is 25.3. The first kappa shape index (κ1) is 16.0. The number of fused-ring (bicyclic) bond motifs is 6. The Kier molecular flexibility index (Phi) is 3.53. The topological polar surface area (TPSA) is 56.1 Å². The summed E-state index contributed by atoms with van der Waals surface area (Å²) in [6.07, 6.45) is 2.57. The molecule has 1 aliphatic heterocycles. The van der Waals surface area contributed by atoms with Crippen LogP contribution in [0.25, 0.3) is 17.0 Å². The summed E-state index contributed by atoms with van der Waals surface area (Å²) in [6, 6.07) is 7.83. The molecular weight excluding hydrogens is 314 g/mol. The Hall–Kier alpha value is -2.49. The Bertz CT molecular complexity index is 963. The van der Waals surface area contributed by atoms with E-state index in [0.717, 1.165) is 22.2 Å². The number of benzene rings is 1. The van der Waals surface area contributed by atoms with Crippen molar-refractivity contribution in [3.63, 3.8) is 0 Å². The van der Waals surface area contributed by atoms with Gasteiger partial charge in [0.15, 0.2) is 5.78 Å². The quantitative estimate of drug-likeness (QED) is 0.841. The van der Waals surface area contributed by atoms with Crippen molar-refractivity contribution in [2.24, 2.45) is 11.8 Å². The second-order valence-corrected chi connectivity index (χ2v) is 7.31.